The Morgan fingerprint density at radius 1 is 1.38 bits per heavy atom. The van der Waals surface area contributed by atoms with Gasteiger partial charge in [-0.25, -0.2) is 4.39 Å². The summed E-state index contributed by atoms with van der Waals surface area (Å²) < 4.78 is 30.3. The molecular weight excluding hydrogens is 212 g/mol. The predicted octanol–water partition coefficient (Wildman–Crippen LogP) is 2.45. The fourth-order valence-electron chi connectivity index (χ4n) is 1.44. The molecule has 2 nitrogen and oxygen atoms in total. The molecule has 0 aromatic heterocycles. The van der Waals surface area contributed by atoms with E-state index in [1.54, 1.807) is 6.07 Å². The zero-order valence-corrected chi connectivity index (χ0v) is 9.38. The zero-order valence-electron chi connectivity index (χ0n) is 9.38. The molecule has 0 spiro atoms. The Labute approximate surface area is 94.4 Å². The number of hydrogen-bond donors (Lipinski definition) is 1. The maximum Gasteiger partial charge on any atom is 0.127 e. The molecule has 0 saturated heterocycles. The van der Waals surface area contributed by atoms with E-state index >= 15 is 0 Å². The molecule has 0 fully saturated rings. The van der Waals surface area contributed by atoms with Crippen LogP contribution in [0.1, 0.15) is 18.9 Å². The summed E-state index contributed by atoms with van der Waals surface area (Å²) in [4.78, 5) is 0. The molecule has 1 rings (SSSR count). The van der Waals surface area contributed by atoms with Crippen LogP contribution in [0.4, 0.5) is 8.78 Å². The molecule has 0 aliphatic rings. The number of rotatable bonds is 6. The lowest BCUT2D eigenvalue weighted by Crippen LogP contribution is -2.17. The minimum Gasteiger partial charge on any atom is -0.493 e. The molecule has 1 aromatic rings. The van der Waals surface area contributed by atoms with Gasteiger partial charge >= 0.3 is 0 Å². The molecule has 1 atom stereocenters. The zero-order chi connectivity index (χ0) is 12.0. The van der Waals surface area contributed by atoms with Gasteiger partial charge in [0.1, 0.15) is 11.6 Å². The summed E-state index contributed by atoms with van der Waals surface area (Å²) in [7, 11) is 0. The van der Waals surface area contributed by atoms with Crippen molar-refractivity contribution in [3.05, 3.63) is 29.6 Å². The van der Waals surface area contributed by atoms with Crippen LogP contribution >= 0.6 is 0 Å². The fraction of sp³-hybridized carbons (Fsp3) is 0.500. The van der Waals surface area contributed by atoms with Gasteiger partial charge in [0.25, 0.3) is 0 Å². The van der Waals surface area contributed by atoms with Crippen molar-refractivity contribution in [2.45, 2.75) is 25.8 Å². The van der Waals surface area contributed by atoms with E-state index in [0.717, 1.165) is 5.56 Å². The van der Waals surface area contributed by atoms with Gasteiger partial charge < -0.3 is 10.5 Å². The molecule has 4 heteroatoms. The molecule has 90 valence electrons. The van der Waals surface area contributed by atoms with E-state index in [0.29, 0.717) is 18.6 Å². The van der Waals surface area contributed by atoms with Crippen molar-refractivity contribution in [3.8, 4) is 5.75 Å². The Kier molecular flexibility index (Phi) is 5.19. The van der Waals surface area contributed by atoms with Crippen LogP contribution < -0.4 is 10.5 Å². The molecule has 2 N–H and O–H groups in total. The van der Waals surface area contributed by atoms with Crippen molar-refractivity contribution < 1.29 is 13.5 Å². The number of alkyl halides is 1. The van der Waals surface area contributed by atoms with E-state index in [2.05, 4.69) is 0 Å². The molecule has 0 bridgehead atoms. The predicted molar refractivity (Wildman–Crippen MR) is 59.8 cm³/mol. The van der Waals surface area contributed by atoms with Gasteiger partial charge in [0, 0.05) is 18.5 Å². The van der Waals surface area contributed by atoms with Gasteiger partial charge in [0.15, 0.2) is 0 Å². The summed E-state index contributed by atoms with van der Waals surface area (Å²) in [5, 5.41) is 0. The summed E-state index contributed by atoms with van der Waals surface area (Å²) >= 11 is 0. The first-order valence-corrected chi connectivity index (χ1v) is 5.35. The van der Waals surface area contributed by atoms with E-state index < -0.39 is 6.67 Å². The first kappa shape index (κ1) is 12.9. The van der Waals surface area contributed by atoms with Gasteiger partial charge in [-0.05, 0) is 31.0 Å². The number of hydrogen-bond acceptors (Lipinski definition) is 2. The Morgan fingerprint density at radius 2 is 2.12 bits per heavy atom. The highest BCUT2D eigenvalue weighted by molar-refractivity contribution is 5.30. The smallest absolute Gasteiger partial charge is 0.127 e. The van der Waals surface area contributed by atoms with Gasteiger partial charge in [-0.1, -0.05) is 0 Å². The Balaban J connectivity index is 2.65. The van der Waals surface area contributed by atoms with Crippen LogP contribution in [0, 0.1) is 5.82 Å². The fourth-order valence-corrected chi connectivity index (χ4v) is 1.44. The van der Waals surface area contributed by atoms with Crippen LogP contribution in [0.2, 0.25) is 0 Å². The molecule has 0 saturated carbocycles. The summed E-state index contributed by atoms with van der Waals surface area (Å²) in [6.45, 7) is 1.69. The number of halogens is 2. The van der Waals surface area contributed by atoms with Gasteiger partial charge in [0.05, 0.1) is 13.3 Å². The van der Waals surface area contributed by atoms with E-state index in [9.17, 15) is 8.78 Å². The van der Waals surface area contributed by atoms with Gasteiger partial charge in [-0.3, -0.25) is 4.39 Å². The minimum absolute atomic E-state index is 0.0273. The quantitative estimate of drug-likeness (QED) is 0.760. The molecule has 0 radical (unpaired) electrons. The van der Waals surface area contributed by atoms with E-state index in [4.69, 9.17) is 10.5 Å². The van der Waals surface area contributed by atoms with Crippen LogP contribution in [0.25, 0.3) is 0 Å². The van der Waals surface area contributed by atoms with Crippen LogP contribution in [0.3, 0.4) is 0 Å². The third-order valence-electron chi connectivity index (χ3n) is 2.04. The van der Waals surface area contributed by atoms with Crippen molar-refractivity contribution in [3.63, 3.8) is 0 Å². The van der Waals surface area contributed by atoms with Crippen molar-refractivity contribution >= 4 is 0 Å². The number of benzene rings is 1. The van der Waals surface area contributed by atoms with Gasteiger partial charge in [-0.15, -0.1) is 0 Å². The summed E-state index contributed by atoms with van der Waals surface area (Å²) in [5.74, 6) is 0.0810. The summed E-state index contributed by atoms with van der Waals surface area (Å²) in [6.07, 6.45) is 0.913. The lowest BCUT2D eigenvalue weighted by Gasteiger charge is -2.09. The minimum atomic E-state index is -0.429. The standard InChI is InChI=1S/C12H17F2NO/c1-9(15)5-10-6-11(14)8-12(7-10)16-4-2-3-13/h6-9H,2-5,15H2,1H3. The monoisotopic (exact) mass is 229 g/mol. The Hall–Kier alpha value is -1.16. The maximum absolute atomic E-state index is 13.2. The van der Waals surface area contributed by atoms with Crippen LogP contribution in [-0.4, -0.2) is 19.3 Å². The third-order valence-corrected chi connectivity index (χ3v) is 2.04. The SMILES string of the molecule is CC(N)Cc1cc(F)cc(OCCCF)c1. The molecule has 1 unspecified atom stereocenters. The average Bonchev–Trinajstić information content (AvgIpc) is 2.16. The second-order valence-electron chi connectivity index (χ2n) is 3.87. The molecule has 0 aliphatic heterocycles. The number of ether oxygens (including phenoxy) is 1. The molecule has 16 heavy (non-hydrogen) atoms. The van der Waals surface area contributed by atoms with Crippen molar-refractivity contribution in [1.29, 1.82) is 0 Å². The highest BCUT2D eigenvalue weighted by Crippen LogP contribution is 2.17. The third kappa shape index (κ3) is 4.57. The molecular formula is C12H17F2NO. The van der Waals surface area contributed by atoms with Crippen LogP contribution in [0.15, 0.2) is 18.2 Å². The lowest BCUT2D eigenvalue weighted by molar-refractivity contribution is 0.288. The first-order chi connectivity index (χ1) is 7.61. The summed E-state index contributed by atoms with van der Waals surface area (Å²) in [6, 6.07) is 4.44. The second kappa shape index (κ2) is 6.43. The largest absolute Gasteiger partial charge is 0.493 e. The average molecular weight is 229 g/mol. The van der Waals surface area contributed by atoms with Crippen LogP contribution in [0.5, 0.6) is 5.75 Å². The van der Waals surface area contributed by atoms with Crippen molar-refractivity contribution in [2.24, 2.45) is 5.73 Å². The molecule has 1 aromatic carbocycles. The van der Waals surface area contributed by atoms with E-state index in [1.165, 1.54) is 12.1 Å². The Bertz CT molecular complexity index is 329. The molecule has 0 aliphatic carbocycles. The van der Waals surface area contributed by atoms with Crippen LogP contribution in [-0.2, 0) is 6.42 Å². The lowest BCUT2D eigenvalue weighted by atomic mass is 10.1. The van der Waals surface area contributed by atoms with E-state index in [-0.39, 0.29) is 18.5 Å². The summed E-state index contributed by atoms with van der Waals surface area (Å²) in [5.41, 5.74) is 6.43. The van der Waals surface area contributed by atoms with Gasteiger partial charge in [-0.2, -0.15) is 0 Å². The van der Waals surface area contributed by atoms with Crippen molar-refractivity contribution in [1.82, 2.24) is 0 Å². The normalized spacial score (nSPS) is 12.5. The first-order valence-electron chi connectivity index (χ1n) is 5.35. The van der Waals surface area contributed by atoms with E-state index in [1.807, 2.05) is 6.92 Å². The highest BCUT2D eigenvalue weighted by Gasteiger charge is 2.04. The Morgan fingerprint density at radius 3 is 2.75 bits per heavy atom. The number of nitrogens with two attached hydrogens (primary N) is 1. The highest BCUT2D eigenvalue weighted by atomic mass is 19.1. The second-order valence-corrected chi connectivity index (χ2v) is 3.87. The molecule has 0 amide bonds. The van der Waals surface area contributed by atoms with Crippen molar-refractivity contribution in [2.75, 3.05) is 13.3 Å². The topological polar surface area (TPSA) is 35.2 Å². The van der Waals surface area contributed by atoms with Gasteiger partial charge in [0.2, 0.25) is 0 Å². The maximum atomic E-state index is 13.2. The molecule has 0 heterocycles.